The van der Waals surface area contributed by atoms with Crippen LogP contribution in [0.15, 0.2) is 48.8 Å². The summed E-state index contributed by atoms with van der Waals surface area (Å²) in [6, 6.07) is 14.0. The SMILES string of the molecule is Cc1ccc(NC(O)c2cccc(C(C)(C)C)c2)cc1C#Cc1nn(C2CCC(O)CC2)c2ncnc(N)c12. The summed E-state index contributed by atoms with van der Waals surface area (Å²) in [6.45, 7) is 8.46. The third-order valence-corrected chi connectivity index (χ3v) is 7.46. The first-order valence-electron chi connectivity index (χ1n) is 13.4. The van der Waals surface area contributed by atoms with Crippen LogP contribution < -0.4 is 11.1 Å². The van der Waals surface area contributed by atoms with Gasteiger partial charge in [0, 0.05) is 16.8 Å². The highest BCUT2D eigenvalue weighted by atomic mass is 16.3. The molecule has 0 amide bonds. The number of benzene rings is 2. The van der Waals surface area contributed by atoms with Crippen molar-refractivity contribution in [1.29, 1.82) is 0 Å². The number of anilines is 2. The summed E-state index contributed by atoms with van der Waals surface area (Å²) in [5.41, 5.74) is 12.0. The summed E-state index contributed by atoms with van der Waals surface area (Å²) in [4.78, 5) is 8.64. The zero-order valence-electron chi connectivity index (χ0n) is 22.9. The second kappa shape index (κ2) is 10.7. The number of nitrogen functional groups attached to an aromatic ring is 1. The Bertz CT molecular complexity index is 1550. The Hall–Kier alpha value is -3.93. The lowest BCUT2D eigenvalue weighted by Crippen LogP contribution is -2.22. The van der Waals surface area contributed by atoms with Crippen LogP contribution in [-0.4, -0.2) is 36.1 Å². The van der Waals surface area contributed by atoms with Gasteiger partial charge in [-0.25, -0.2) is 14.6 Å². The van der Waals surface area contributed by atoms with Gasteiger partial charge in [0.15, 0.2) is 11.9 Å². The van der Waals surface area contributed by atoms with Crippen molar-refractivity contribution in [1.82, 2.24) is 19.7 Å². The molecule has 0 saturated heterocycles. The van der Waals surface area contributed by atoms with Crippen molar-refractivity contribution in [3.8, 4) is 11.8 Å². The van der Waals surface area contributed by atoms with E-state index in [1.54, 1.807) is 0 Å². The number of nitrogens with two attached hydrogens (primary N) is 1. The third kappa shape index (κ3) is 5.75. The predicted octanol–water partition coefficient (Wildman–Crippen LogP) is 4.99. The molecule has 5 rings (SSSR count). The van der Waals surface area contributed by atoms with Crippen LogP contribution in [0.1, 0.15) is 86.7 Å². The van der Waals surface area contributed by atoms with Crippen molar-refractivity contribution in [2.75, 3.05) is 11.1 Å². The zero-order valence-corrected chi connectivity index (χ0v) is 22.9. The number of hydrogen-bond donors (Lipinski definition) is 4. The molecule has 1 fully saturated rings. The fraction of sp³-hybridized carbons (Fsp3) is 0.387. The topological polar surface area (TPSA) is 122 Å². The molecule has 0 radical (unpaired) electrons. The van der Waals surface area contributed by atoms with E-state index in [9.17, 15) is 10.2 Å². The number of nitrogens with zero attached hydrogens (tertiary/aromatic N) is 4. The van der Waals surface area contributed by atoms with Crippen molar-refractivity contribution in [3.05, 3.63) is 76.7 Å². The van der Waals surface area contributed by atoms with Crippen LogP contribution in [0.25, 0.3) is 11.0 Å². The van der Waals surface area contributed by atoms with Crippen LogP contribution in [0.3, 0.4) is 0 Å². The first-order chi connectivity index (χ1) is 18.6. The van der Waals surface area contributed by atoms with E-state index < -0.39 is 6.23 Å². The predicted molar refractivity (Wildman–Crippen MR) is 154 cm³/mol. The highest BCUT2D eigenvalue weighted by molar-refractivity contribution is 5.90. The normalized spacial score (nSPS) is 18.4. The molecule has 0 spiro atoms. The van der Waals surface area contributed by atoms with Crippen LogP contribution in [0.4, 0.5) is 11.5 Å². The van der Waals surface area contributed by atoms with Crippen LogP contribution in [-0.2, 0) is 5.41 Å². The minimum atomic E-state index is -0.860. The molecule has 1 aliphatic carbocycles. The number of aryl methyl sites for hydroxylation is 1. The Morgan fingerprint density at radius 2 is 1.82 bits per heavy atom. The van der Waals surface area contributed by atoms with Crippen LogP contribution >= 0.6 is 0 Å². The van der Waals surface area contributed by atoms with E-state index in [0.29, 0.717) is 22.5 Å². The van der Waals surface area contributed by atoms with Gasteiger partial charge >= 0.3 is 0 Å². The number of aliphatic hydroxyl groups excluding tert-OH is 2. The van der Waals surface area contributed by atoms with Gasteiger partial charge in [0.1, 0.15) is 17.8 Å². The monoisotopic (exact) mass is 524 g/mol. The van der Waals surface area contributed by atoms with Crippen molar-refractivity contribution in [2.24, 2.45) is 0 Å². The summed E-state index contributed by atoms with van der Waals surface area (Å²) in [5, 5.41) is 29.5. The maximum Gasteiger partial charge on any atom is 0.164 e. The van der Waals surface area contributed by atoms with Gasteiger partial charge in [-0.3, -0.25) is 0 Å². The molecular weight excluding hydrogens is 488 g/mol. The second-order valence-electron chi connectivity index (χ2n) is 11.4. The lowest BCUT2D eigenvalue weighted by Gasteiger charge is -2.25. The van der Waals surface area contributed by atoms with Gasteiger partial charge in [-0.2, -0.15) is 5.10 Å². The highest BCUT2D eigenvalue weighted by Gasteiger charge is 2.25. The minimum absolute atomic E-state index is 0.00776. The van der Waals surface area contributed by atoms with Gasteiger partial charge in [0.2, 0.25) is 0 Å². The third-order valence-electron chi connectivity index (χ3n) is 7.46. The standard InChI is InChI=1S/C31H36N6O2/c1-19-8-10-23(35-30(39)21-6-5-7-22(16-21)31(2,3)4)17-20(19)9-15-26-27-28(32)33-18-34-29(27)37(36-26)24-11-13-25(38)14-12-24/h5-8,10,16-18,24-25,30,35,38-39H,11-14H2,1-4H3,(H2,32,33,34). The summed E-state index contributed by atoms with van der Waals surface area (Å²) in [7, 11) is 0. The molecule has 5 N–H and O–H groups in total. The van der Waals surface area contributed by atoms with E-state index in [4.69, 9.17) is 10.8 Å². The molecule has 202 valence electrons. The molecule has 8 heteroatoms. The Morgan fingerprint density at radius 1 is 1.05 bits per heavy atom. The van der Waals surface area contributed by atoms with Gasteiger partial charge < -0.3 is 21.3 Å². The van der Waals surface area contributed by atoms with E-state index in [1.165, 1.54) is 6.33 Å². The van der Waals surface area contributed by atoms with Gasteiger partial charge in [0.25, 0.3) is 0 Å². The Labute approximate surface area is 229 Å². The van der Waals surface area contributed by atoms with Crippen molar-refractivity contribution >= 4 is 22.5 Å². The molecule has 1 saturated carbocycles. The van der Waals surface area contributed by atoms with Crippen LogP contribution in [0, 0.1) is 18.8 Å². The van der Waals surface area contributed by atoms with Crippen molar-refractivity contribution in [2.45, 2.75) is 77.2 Å². The van der Waals surface area contributed by atoms with Gasteiger partial charge in [-0.1, -0.05) is 57.0 Å². The van der Waals surface area contributed by atoms with E-state index in [-0.39, 0.29) is 17.6 Å². The molecule has 2 aromatic heterocycles. The fourth-order valence-electron chi connectivity index (χ4n) is 5.03. The lowest BCUT2D eigenvalue weighted by atomic mass is 9.86. The Morgan fingerprint density at radius 3 is 2.56 bits per heavy atom. The first kappa shape index (κ1) is 26.7. The number of nitrogens with one attached hydrogen (secondary N) is 1. The summed E-state index contributed by atoms with van der Waals surface area (Å²) >= 11 is 0. The molecule has 1 aliphatic rings. The maximum absolute atomic E-state index is 10.9. The average molecular weight is 525 g/mol. The molecule has 2 heterocycles. The van der Waals surface area contributed by atoms with E-state index in [1.807, 2.05) is 48.0 Å². The minimum Gasteiger partial charge on any atom is -0.393 e. The number of hydrogen-bond acceptors (Lipinski definition) is 7. The van der Waals surface area contributed by atoms with Crippen molar-refractivity contribution in [3.63, 3.8) is 0 Å². The van der Waals surface area contributed by atoms with Crippen LogP contribution in [0.2, 0.25) is 0 Å². The molecule has 0 bridgehead atoms. The fourth-order valence-corrected chi connectivity index (χ4v) is 5.03. The smallest absolute Gasteiger partial charge is 0.164 e. The quantitative estimate of drug-likeness (QED) is 0.219. The molecule has 2 aromatic carbocycles. The Kier molecular flexibility index (Phi) is 7.30. The van der Waals surface area contributed by atoms with Crippen molar-refractivity contribution < 1.29 is 10.2 Å². The highest BCUT2D eigenvalue weighted by Crippen LogP contribution is 2.32. The lowest BCUT2D eigenvalue weighted by molar-refractivity contribution is 0.109. The number of aromatic nitrogens is 4. The average Bonchev–Trinajstić information content (AvgIpc) is 3.29. The molecule has 8 nitrogen and oxygen atoms in total. The van der Waals surface area contributed by atoms with E-state index in [2.05, 4.69) is 54.0 Å². The second-order valence-corrected chi connectivity index (χ2v) is 11.4. The number of aliphatic hydroxyl groups is 2. The number of fused-ring (bicyclic) bond motifs is 1. The molecular formula is C31H36N6O2. The number of rotatable bonds is 4. The first-order valence-corrected chi connectivity index (χ1v) is 13.4. The molecule has 39 heavy (non-hydrogen) atoms. The Balaban J connectivity index is 1.43. The largest absolute Gasteiger partial charge is 0.393 e. The molecule has 1 unspecified atom stereocenters. The van der Waals surface area contributed by atoms with Crippen LogP contribution in [0.5, 0.6) is 0 Å². The van der Waals surface area contributed by atoms with Gasteiger partial charge in [-0.05, 0) is 67.2 Å². The summed E-state index contributed by atoms with van der Waals surface area (Å²) in [5.74, 6) is 6.81. The summed E-state index contributed by atoms with van der Waals surface area (Å²) < 4.78 is 1.90. The molecule has 0 aliphatic heterocycles. The molecule has 4 aromatic rings. The van der Waals surface area contributed by atoms with E-state index >= 15 is 0 Å². The van der Waals surface area contributed by atoms with E-state index in [0.717, 1.165) is 53.6 Å². The van der Waals surface area contributed by atoms with Gasteiger partial charge in [0.05, 0.1) is 17.5 Å². The summed E-state index contributed by atoms with van der Waals surface area (Å²) in [6.07, 6.45) is 3.45. The maximum atomic E-state index is 10.9. The van der Waals surface area contributed by atoms with Gasteiger partial charge in [-0.15, -0.1) is 0 Å². The zero-order chi connectivity index (χ0) is 27.7. The molecule has 1 atom stereocenters.